The van der Waals surface area contributed by atoms with Gasteiger partial charge >= 0.3 is 0 Å². The molecule has 88 valence electrons. The lowest BCUT2D eigenvalue weighted by atomic mass is 10.1. The fraction of sp³-hybridized carbons (Fsp3) is 0.615. The van der Waals surface area contributed by atoms with Gasteiger partial charge in [-0.3, -0.25) is 4.90 Å². The summed E-state index contributed by atoms with van der Waals surface area (Å²) < 4.78 is 0. The Labute approximate surface area is 102 Å². The molecule has 2 rings (SSSR count). The maximum Gasteiger partial charge on any atom is 0.100 e. The molecule has 16 heavy (non-hydrogen) atoms. The first-order chi connectivity index (χ1) is 7.86. The Bertz CT molecular complexity index is 340. The summed E-state index contributed by atoms with van der Waals surface area (Å²) in [6, 6.07) is 4.92. The van der Waals surface area contributed by atoms with E-state index in [4.69, 9.17) is 0 Å². The van der Waals surface area contributed by atoms with Crippen LogP contribution in [0.15, 0.2) is 23.4 Å². The molecule has 1 aromatic rings. The van der Waals surface area contributed by atoms with E-state index in [1.165, 1.54) is 42.9 Å². The first-order valence-corrected chi connectivity index (χ1v) is 7.32. The minimum Gasteiger partial charge on any atom is -0.296 e. The predicted octanol–water partition coefficient (Wildman–Crippen LogP) is 3.35. The number of thioether (sulfide) groups is 1. The quantitative estimate of drug-likeness (QED) is 0.746. The van der Waals surface area contributed by atoms with Gasteiger partial charge in [0.25, 0.3) is 0 Å². The van der Waals surface area contributed by atoms with Gasteiger partial charge in [-0.05, 0) is 44.7 Å². The highest BCUT2D eigenvalue weighted by atomic mass is 32.2. The molecule has 0 saturated carbocycles. The van der Waals surface area contributed by atoms with E-state index in [-0.39, 0.29) is 0 Å². The highest BCUT2D eigenvalue weighted by Crippen LogP contribution is 2.35. The molecule has 2 nitrogen and oxygen atoms in total. The highest BCUT2D eigenvalue weighted by Gasteiger charge is 2.26. The van der Waals surface area contributed by atoms with E-state index in [0.29, 0.717) is 6.04 Å². The molecule has 2 heterocycles. The maximum absolute atomic E-state index is 4.47. The Morgan fingerprint density at radius 2 is 2.44 bits per heavy atom. The van der Waals surface area contributed by atoms with Crippen molar-refractivity contribution in [2.75, 3.05) is 19.3 Å². The predicted molar refractivity (Wildman–Crippen MR) is 69.9 cm³/mol. The molecule has 0 radical (unpaired) electrons. The van der Waals surface area contributed by atoms with Gasteiger partial charge in [0.15, 0.2) is 0 Å². The molecule has 1 saturated heterocycles. The Hall–Kier alpha value is -0.540. The van der Waals surface area contributed by atoms with E-state index in [2.05, 4.69) is 35.2 Å². The number of pyridine rings is 1. The molecular formula is C13H20N2S. The van der Waals surface area contributed by atoms with Crippen LogP contribution in [0.3, 0.4) is 0 Å². The van der Waals surface area contributed by atoms with Crippen LogP contribution in [0.4, 0.5) is 0 Å². The molecule has 1 atom stereocenters. The Balaban J connectivity index is 2.21. The Morgan fingerprint density at radius 1 is 1.56 bits per heavy atom. The van der Waals surface area contributed by atoms with Crippen LogP contribution in [0, 0.1) is 0 Å². The zero-order valence-corrected chi connectivity index (χ0v) is 11.0. The normalized spacial score (nSPS) is 21.5. The van der Waals surface area contributed by atoms with Crippen molar-refractivity contribution in [3.63, 3.8) is 0 Å². The topological polar surface area (TPSA) is 16.1 Å². The SMILES string of the molecule is CCCN1CCCC1c1cccnc1SC. The molecule has 1 unspecified atom stereocenters. The van der Waals surface area contributed by atoms with E-state index in [0.717, 1.165) is 0 Å². The molecule has 1 aromatic heterocycles. The van der Waals surface area contributed by atoms with Crippen molar-refractivity contribution in [3.8, 4) is 0 Å². The van der Waals surface area contributed by atoms with Gasteiger partial charge in [-0.1, -0.05) is 13.0 Å². The van der Waals surface area contributed by atoms with Crippen LogP contribution in [0.25, 0.3) is 0 Å². The molecular weight excluding hydrogens is 216 g/mol. The van der Waals surface area contributed by atoms with Crippen LogP contribution in [0.1, 0.15) is 37.8 Å². The second kappa shape index (κ2) is 5.69. The molecule has 0 bridgehead atoms. The average Bonchev–Trinajstić information content (AvgIpc) is 2.77. The Kier molecular flexibility index (Phi) is 4.24. The molecule has 0 spiro atoms. The fourth-order valence-electron chi connectivity index (χ4n) is 2.56. The first-order valence-electron chi connectivity index (χ1n) is 6.09. The molecule has 1 aliphatic rings. The second-order valence-corrected chi connectivity index (χ2v) is 5.09. The van der Waals surface area contributed by atoms with E-state index in [1.54, 1.807) is 11.8 Å². The molecule has 0 aromatic carbocycles. The summed E-state index contributed by atoms with van der Waals surface area (Å²) in [6.07, 6.45) is 7.87. The molecule has 1 aliphatic heterocycles. The average molecular weight is 236 g/mol. The summed E-state index contributed by atoms with van der Waals surface area (Å²) in [6.45, 7) is 4.72. The zero-order chi connectivity index (χ0) is 11.4. The second-order valence-electron chi connectivity index (χ2n) is 4.30. The summed E-state index contributed by atoms with van der Waals surface area (Å²) in [5.74, 6) is 0. The third kappa shape index (κ3) is 2.41. The highest BCUT2D eigenvalue weighted by molar-refractivity contribution is 7.98. The summed E-state index contributed by atoms with van der Waals surface area (Å²) in [5.41, 5.74) is 1.43. The first kappa shape index (κ1) is 11.9. The van der Waals surface area contributed by atoms with Gasteiger partial charge in [0.2, 0.25) is 0 Å². The minimum absolute atomic E-state index is 0.607. The van der Waals surface area contributed by atoms with Crippen LogP contribution in [-0.4, -0.2) is 29.2 Å². The third-order valence-corrected chi connectivity index (χ3v) is 3.96. The largest absolute Gasteiger partial charge is 0.296 e. The van der Waals surface area contributed by atoms with Crippen molar-refractivity contribution in [1.82, 2.24) is 9.88 Å². The van der Waals surface area contributed by atoms with Gasteiger partial charge in [0.1, 0.15) is 5.03 Å². The lowest BCUT2D eigenvalue weighted by Crippen LogP contribution is -2.24. The third-order valence-electron chi connectivity index (χ3n) is 3.23. The lowest BCUT2D eigenvalue weighted by molar-refractivity contribution is 0.254. The lowest BCUT2D eigenvalue weighted by Gasteiger charge is -2.25. The molecule has 0 aliphatic carbocycles. The van der Waals surface area contributed by atoms with E-state index >= 15 is 0 Å². The van der Waals surface area contributed by atoms with Gasteiger partial charge in [-0.15, -0.1) is 11.8 Å². The van der Waals surface area contributed by atoms with Crippen molar-refractivity contribution in [1.29, 1.82) is 0 Å². The monoisotopic (exact) mass is 236 g/mol. The van der Waals surface area contributed by atoms with Gasteiger partial charge in [-0.2, -0.15) is 0 Å². The van der Waals surface area contributed by atoms with Crippen LogP contribution >= 0.6 is 11.8 Å². The van der Waals surface area contributed by atoms with Crippen LogP contribution < -0.4 is 0 Å². The maximum atomic E-state index is 4.47. The minimum atomic E-state index is 0.607. The summed E-state index contributed by atoms with van der Waals surface area (Å²) in [7, 11) is 0. The van der Waals surface area contributed by atoms with Crippen molar-refractivity contribution < 1.29 is 0 Å². The van der Waals surface area contributed by atoms with Gasteiger partial charge < -0.3 is 0 Å². The number of rotatable bonds is 4. The molecule has 0 amide bonds. The van der Waals surface area contributed by atoms with E-state index in [1.807, 2.05) is 6.20 Å². The van der Waals surface area contributed by atoms with E-state index < -0.39 is 0 Å². The van der Waals surface area contributed by atoms with E-state index in [9.17, 15) is 0 Å². The summed E-state index contributed by atoms with van der Waals surface area (Å²) in [5, 5.41) is 1.20. The summed E-state index contributed by atoms with van der Waals surface area (Å²) in [4.78, 5) is 7.08. The number of nitrogens with zero attached hydrogens (tertiary/aromatic N) is 2. The van der Waals surface area contributed by atoms with Gasteiger partial charge in [0.05, 0.1) is 0 Å². The van der Waals surface area contributed by atoms with Crippen LogP contribution in [-0.2, 0) is 0 Å². The molecule has 0 N–H and O–H groups in total. The fourth-order valence-corrected chi connectivity index (χ4v) is 3.17. The number of hydrogen-bond donors (Lipinski definition) is 0. The zero-order valence-electron chi connectivity index (χ0n) is 10.1. The van der Waals surface area contributed by atoms with Crippen molar-refractivity contribution >= 4 is 11.8 Å². The smallest absolute Gasteiger partial charge is 0.100 e. The van der Waals surface area contributed by atoms with Crippen LogP contribution in [0.5, 0.6) is 0 Å². The van der Waals surface area contributed by atoms with Crippen molar-refractivity contribution in [3.05, 3.63) is 23.9 Å². The number of aromatic nitrogens is 1. The molecule has 1 fully saturated rings. The van der Waals surface area contributed by atoms with Gasteiger partial charge in [0, 0.05) is 17.8 Å². The number of likely N-dealkylation sites (tertiary alicyclic amines) is 1. The van der Waals surface area contributed by atoms with Gasteiger partial charge in [-0.25, -0.2) is 4.98 Å². The molecule has 3 heteroatoms. The van der Waals surface area contributed by atoms with Crippen molar-refractivity contribution in [2.45, 2.75) is 37.3 Å². The van der Waals surface area contributed by atoms with Crippen molar-refractivity contribution in [2.24, 2.45) is 0 Å². The summed E-state index contributed by atoms with van der Waals surface area (Å²) >= 11 is 1.76. The Morgan fingerprint density at radius 3 is 3.19 bits per heavy atom. The van der Waals surface area contributed by atoms with Crippen LogP contribution in [0.2, 0.25) is 0 Å². The standard InChI is InChI=1S/C13H20N2S/c1-3-9-15-10-5-7-12(15)11-6-4-8-14-13(11)16-2/h4,6,8,12H,3,5,7,9-10H2,1-2H3. The number of hydrogen-bond acceptors (Lipinski definition) is 3.